The van der Waals surface area contributed by atoms with E-state index in [1.54, 1.807) is 17.4 Å². The molecule has 5 heteroatoms. The van der Waals surface area contributed by atoms with Gasteiger partial charge >= 0.3 is 0 Å². The molecule has 0 saturated carbocycles. The zero-order valence-corrected chi connectivity index (χ0v) is 12.3. The number of thiophene rings is 1. The van der Waals surface area contributed by atoms with Gasteiger partial charge in [0, 0.05) is 18.0 Å². The number of rotatable bonds is 3. The molecule has 0 aromatic carbocycles. The van der Waals surface area contributed by atoms with Gasteiger partial charge in [0.15, 0.2) is 0 Å². The number of nitrogens with one attached hydrogen (secondary N) is 1. The van der Waals surface area contributed by atoms with Crippen molar-refractivity contribution >= 4 is 28.8 Å². The molecule has 2 heterocycles. The highest BCUT2D eigenvalue weighted by Crippen LogP contribution is 2.22. The van der Waals surface area contributed by atoms with Crippen LogP contribution >= 0.6 is 22.9 Å². The Morgan fingerprint density at radius 3 is 2.72 bits per heavy atom. The van der Waals surface area contributed by atoms with Gasteiger partial charge in [0.2, 0.25) is 0 Å². The highest BCUT2D eigenvalue weighted by Gasteiger charge is 2.18. The molecule has 0 saturated heterocycles. The smallest absolute Gasteiger partial charge is 0.137 e. The molecule has 0 spiro atoms. The molecule has 18 heavy (non-hydrogen) atoms. The lowest BCUT2D eigenvalue weighted by Crippen LogP contribution is -2.17. The van der Waals surface area contributed by atoms with E-state index >= 15 is 0 Å². The second-order valence-corrected chi connectivity index (χ2v) is 6.30. The highest BCUT2D eigenvalue weighted by molar-refractivity contribution is 7.07. The summed E-state index contributed by atoms with van der Waals surface area (Å²) in [6.45, 7) is 6.96. The summed E-state index contributed by atoms with van der Waals surface area (Å²) in [6.07, 6.45) is 0. The number of hydrogen-bond acceptors (Lipinski definition) is 4. The number of hydrogen-bond donors (Lipinski definition) is 1. The Labute approximate surface area is 116 Å². The topological polar surface area (TPSA) is 37.8 Å². The van der Waals surface area contributed by atoms with Crippen LogP contribution in [-0.2, 0) is 12.0 Å². The minimum Gasteiger partial charge on any atom is -0.366 e. The standard InChI is InChI=1S/C13H16ClN3S/c1-13(2,3)12-16-10(14)6-11(17-12)15-7-9-4-5-18-8-9/h4-6,8H,7H2,1-3H3,(H,15,16,17). The first kappa shape index (κ1) is 13.3. The van der Waals surface area contributed by atoms with Crippen molar-refractivity contribution in [2.75, 3.05) is 5.32 Å². The summed E-state index contributed by atoms with van der Waals surface area (Å²) in [5.41, 5.74) is 1.14. The van der Waals surface area contributed by atoms with Gasteiger partial charge in [-0.1, -0.05) is 32.4 Å². The first-order valence-corrected chi connectivity index (χ1v) is 7.07. The quantitative estimate of drug-likeness (QED) is 0.861. The van der Waals surface area contributed by atoms with Crippen LogP contribution in [0.5, 0.6) is 0 Å². The molecule has 0 aliphatic carbocycles. The van der Waals surface area contributed by atoms with Gasteiger partial charge in [-0.3, -0.25) is 0 Å². The van der Waals surface area contributed by atoms with E-state index in [9.17, 15) is 0 Å². The van der Waals surface area contributed by atoms with E-state index in [-0.39, 0.29) is 5.41 Å². The molecular weight excluding hydrogens is 266 g/mol. The van der Waals surface area contributed by atoms with Crippen molar-refractivity contribution in [3.63, 3.8) is 0 Å². The second-order valence-electron chi connectivity index (χ2n) is 5.13. The monoisotopic (exact) mass is 281 g/mol. The van der Waals surface area contributed by atoms with E-state index in [1.807, 2.05) is 0 Å². The Bertz CT molecular complexity index is 518. The van der Waals surface area contributed by atoms with Gasteiger partial charge in [-0.15, -0.1) is 0 Å². The SMILES string of the molecule is CC(C)(C)c1nc(Cl)cc(NCc2ccsc2)n1. The summed E-state index contributed by atoms with van der Waals surface area (Å²) >= 11 is 7.71. The molecule has 0 aliphatic rings. The summed E-state index contributed by atoms with van der Waals surface area (Å²) < 4.78 is 0. The maximum Gasteiger partial charge on any atom is 0.137 e. The van der Waals surface area contributed by atoms with E-state index in [1.165, 1.54) is 5.56 Å². The van der Waals surface area contributed by atoms with Crippen molar-refractivity contribution in [2.45, 2.75) is 32.7 Å². The minimum atomic E-state index is -0.107. The van der Waals surface area contributed by atoms with Gasteiger partial charge in [0.25, 0.3) is 0 Å². The van der Waals surface area contributed by atoms with Crippen LogP contribution in [0.4, 0.5) is 5.82 Å². The van der Waals surface area contributed by atoms with Gasteiger partial charge < -0.3 is 5.32 Å². The zero-order chi connectivity index (χ0) is 13.2. The number of anilines is 1. The average molecular weight is 282 g/mol. The van der Waals surface area contributed by atoms with Crippen LogP contribution in [-0.4, -0.2) is 9.97 Å². The van der Waals surface area contributed by atoms with E-state index in [0.717, 1.165) is 18.2 Å². The molecule has 2 rings (SSSR count). The summed E-state index contributed by atoms with van der Waals surface area (Å²) in [7, 11) is 0. The fourth-order valence-electron chi connectivity index (χ4n) is 1.43. The van der Waals surface area contributed by atoms with Crippen LogP contribution in [0.15, 0.2) is 22.9 Å². The summed E-state index contributed by atoms with van der Waals surface area (Å²) in [4.78, 5) is 8.77. The van der Waals surface area contributed by atoms with Crippen LogP contribution in [0.3, 0.4) is 0 Å². The molecule has 0 fully saturated rings. The van der Waals surface area contributed by atoms with Gasteiger partial charge in [-0.2, -0.15) is 11.3 Å². The second kappa shape index (κ2) is 5.24. The lowest BCUT2D eigenvalue weighted by molar-refractivity contribution is 0.546. The lowest BCUT2D eigenvalue weighted by Gasteiger charge is -2.17. The Balaban J connectivity index is 2.15. The first-order valence-electron chi connectivity index (χ1n) is 5.75. The largest absolute Gasteiger partial charge is 0.366 e. The number of aromatic nitrogens is 2. The molecule has 0 unspecified atom stereocenters. The van der Waals surface area contributed by atoms with Gasteiger partial charge in [0.05, 0.1) is 0 Å². The summed E-state index contributed by atoms with van der Waals surface area (Å²) in [5, 5.41) is 7.92. The minimum absolute atomic E-state index is 0.107. The van der Waals surface area contributed by atoms with Gasteiger partial charge in [-0.05, 0) is 22.4 Å². The van der Waals surface area contributed by atoms with E-state index in [4.69, 9.17) is 11.6 Å². The molecule has 0 radical (unpaired) electrons. The van der Waals surface area contributed by atoms with Crippen molar-refractivity contribution in [2.24, 2.45) is 0 Å². The average Bonchev–Trinajstić information content (AvgIpc) is 2.77. The van der Waals surface area contributed by atoms with Gasteiger partial charge in [0.1, 0.15) is 16.8 Å². The molecule has 0 atom stereocenters. The van der Waals surface area contributed by atoms with Crippen LogP contribution in [0, 0.1) is 0 Å². The van der Waals surface area contributed by atoms with E-state index in [2.05, 4.69) is 52.9 Å². The Hall–Kier alpha value is -1.13. The van der Waals surface area contributed by atoms with Crippen molar-refractivity contribution in [1.82, 2.24) is 9.97 Å². The third-order valence-corrected chi connectivity index (χ3v) is 3.35. The number of nitrogens with zero attached hydrogens (tertiary/aromatic N) is 2. The third kappa shape index (κ3) is 3.43. The zero-order valence-electron chi connectivity index (χ0n) is 10.7. The van der Waals surface area contributed by atoms with E-state index in [0.29, 0.717) is 5.15 Å². The van der Waals surface area contributed by atoms with Crippen LogP contribution in [0.2, 0.25) is 5.15 Å². The maximum atomic E-state index is 6.03. The molecule has 0 amide bonds. The summed E-state index contributed by atoms with van der Waals surface area (Å²) in [6, 6.07) is 3.84. The molecule has 0 aliphatic heterocycles. The summed E-state index contributed by atoms with van der Waals surface area (Å²) in [5.74, 6) is 1.52. The Morgan fingerprint density at radius 2 is 2.11 bits per heavy atom. The first-order chi connectivity index (χ1) is 8.45. The molecular formula is C13H16ClN3S. The molecule has 2 aromatic heterocycles. The van der Waals surface area contributed by atoms with Crippen molar-refractivity contribution in [3.8, 4) is 0 Å². The van der Waals surface area contributed by atoms with Gasteiger partial charge in [-0.25, -0.2) is 9.97 Å². The van der Waals surface area contributed by atoms with Crippen LogP contribution in [0.25, 0.3) is 0 Å². The lowest BCUT2D eigenvalue weighted by atomic mass is 9.96. The fraction of sp³-hybridized carbons (Fsp3) is 0.385. The molecule has 0 bridgehead atoms. The number of halogens is 1. The van der Waals surface area contributed by atoms with E-state index < -0.39 is 0 Å². The van der Waals surface area contributed by atoms with Crippen molar-refractivity contribution in [1.29, 1.82) is 0 Å². The fourth-order valence-corrected chi connectivity index (χ4v) is 2.28. The molecule has 1 N–H and O–H groups in total. The maximum absolute atomic E-state index is 6.03. The van der Waals surface area contributed by atoms with Crippen LogP contribution < -0.4 is 5.32 Å². The molecule has 96 valence electrons. The molecule has 2 aromatic rings. The molecule has 3 nitrogen and oxygen atoms in total. The van der Waals surface area contributed by atoms with Crippen LogP contribution in [0.1, 0.15) is 32.2 Å². The predicted molar refractivity (Wildman–Crippen MR) is 77.4 cm³/mol. The predicted octanol–water partition coefficient (Wildman–Crippen LogP) is 4.10. The third-order valence-electron chi connectivity index (χ3n) is 2.42. The highest BCUT2D eigenvalue weighted by atomic mass is 35.5. The Morgan fingerprint density at radius 1 is 1.33 bits per heavy atom. The Kier molecular flexibility index (Phi) is 3.88. The van der Waals surface area contributed by atoms with Crippen molar-refractivity contribution in [3.05, 3.63) is 39.4 Å². The van der Waals surface area contributed by atoms with Crippen molar-refractivity contribution < 1.29 is 0 Å². The normalized spacial score (nSPS) is 11.6.